The van der Waals surface area contributed by atoms with E-state index in [1.165, 1.54) is 0 Å². The first kappa shape index (κ1) is 19.7. The van der Waals surface area contributed by atoms with Gasteiger partial charge in [-0.05, 0) is 81.5 Å². The van der Waals surface area contributed by atoms with Crippen LogP contribution < -0.4 is 0 Å². The predicted octanol–water partition coefficient (Wildman–Crippen LogP) is 3.72. The Morgan fingerprint density at radius 1 is 1.27 bits per heavy atom. The molecule has 0 aromatic heterocycles. The van der Waals surface area contributed by atoms with Crippen molar-refractivity contribution in [1.82, 2.24) is 0 Å². The van der Waals surface area contributed by atoms with Crippen molar-refractivity contribution < 1.29 is 19.7 Å². The van der Waals surface area contributed by atoms with Crippen LogP contribution in [0.5, 0.6) is 0 Å². The lowest BCUT2D eigenvalue weighted by molar-refractivity contribution is -0.166. The van der Waals surface area contributed by atoms with Gasteiger partial charge >= 0.3 is 5.97 Å². The SMILES string of the molecule is CC#C[C@@]1(C)CC[C@H]2[C@@H](CC[C@H]3C[C@H](O)[C@H](OC)C[C@@]32C)[C@@H]1CC(=O)O. The second kappa shape index (κ2) is 7.17. The topological polar surface area (TPSA) is 66.8 Å². The van der Waals surface area contributed by atoms with Gasteiger partial charge < -0.3 is 14.9 Å². The molecule has 0 amide bonds. The summed E-state index contributed by atoms with van der Waals surface area (Å²) in [6, 6.07) is 0. The molecule has 3 rings (SSSR count). The van der Waals surface area contributed by atoms with Crippen LogP contribution in [0.15, 0.2) is 0 Å². The molecule has 2 N–H and O–H groups in total. The zero-order valence-corrected chi connectivity index (χ0v) is 16.6. The molecule has 0 aromatic carbocycles. The molecule has 0 radical (unpaired) electrons. The van der Waals surface area contributed by atoms with Crippen LogP contribution in [0.2, 0.25) is 0 Å². The number of aliphatic hydroxyl groups is 1. The van der Waals surface area contributed by atoms with E-state index in [9.17, 15) is 15.0 Å². The van der Waals surface area contributed by atoms with E-state index in [1.54, 1.807) is 7.11 Å². The van der Waals surface area contributed by atoms with Gasteiger partial charge in [0.2, 0.25) is 0 Å². The zero-order valence-electron chi connectivity index (χ0n) is 16.6. The fourth-order valence-corrected chi connectivity index (χ4v) is 6.82. The smallest absolute Gasteiger partial charge is 0.303 e. The third-order valence-corrected chi connectivity index (χ3v) is 8.16. The summed E-state index contributed by atoms with van der Waals surface area (Å²) in [5, 5.41) is 20.0. The molecule has 0 aromatic rings. The van der Waals surface area contributed by atoms with Crippen LogP contribution in [0.1, 0.15) is 65.7 Å². The summed E-state index contributed by atoms with van der Waals surface area (Å²) in [6.07, 6.45) is 5.65. The van der Waals surface area contributed by atoms with E-state index in [0.29, 0.717) is 17.8 Å². The minimum atomic E-state index is -0.708. The van der Waals surface area contributed by atoms with Crippen molar-refractivity contribution in [2.45, 2.75) is 77.9 Å². The van der Waals surface area contributed by atoms with Crippen LogP contribution in [0.25, 0.3) is 0 Å². The van der Waals surface area contributed by atoms with E-state index in [-0.39, 0.29) is 35.4 Å². The number of hydrogen-bond acceptors (Lipinski definition) is 3. The molecule has 3 fully saturated rings. The molecule has 0 heterocycles. The van der Waals surface area contributed by atoms with Crippen molar-refractivity contribution >= 4 is 5.97 Å². The lowest BCUT2D eigenvalue weighted by Crippen LogP contribution is -2.57. The lowest BCUT2D eigenvalue weighted by atomic mass is 9.44. The summed E-state index contributed by atoms with van der Waals surface area (Å²) < 4.78 is 5.60. The van der Waals surface area contributed by atoms with Gasteiger partial charge in [-0.3, -0.25) is 4.79 Å². The van der Waals surface area contributed by atoms with Gasteiger partial charge in [0.1, 0.15) is 0 Å². The standard InChI is InChI=1S/C22H34O4/c1-5-9-21(2)10-8-16-15(17(21)12-20(24)25)7-6-14-11-18(23)19(26-4)13-22(14,16)3/h14-19,23H,6-8,10-13H2,1-4H3,(H,24,25)/t14-,15+,16-,17-,18-,19+,21-,22-/m0/s1. The third kappa shape index (κ3) is 3.18. The second-order valence-corrected chi connectivity index (χ2v) is 9.37. The van der Waals surface area contributed by atoms with E-state index < -0.39 is 5.97 Å². The molecule has 0 unspecified atom stereocenters. The van der Waals surface area contributed by atoms with Gasteiger partial charge in [0.15, 0.2) is 0 Å². The molecular weight excluding hydrogens is 328 g/mol. The predicted molar refractivity (Wildman–Crippen MR) is 100 cm³/mol. The minimum absolute atomic E-state index is 0.100. The highest BCUT2D eigenvalue weighted by atomic mass is 16.5. The Kier molecular flexibility index (Phi) is 5.43. The van der Waals surface area contributed by atoms with E-state index in [4.69, 9.17) is 4.74 Å². The molecule has 0 saturated heterocycles. The van der Waals surface area contributed by atoms with Crippen molar-refractivity contribution in [3.8, 4) is 11.8 Å². The van der Waals surface area contributed by atoms with E-state index in [1.807, 2.05) is 6.92 Å². The zero-order chi connectivity index (χ0) is 19.1. The van der Waals surface area contributed by atoms with Crippen LogP contribution in [0, 0.1) is 46.3 Å². The van der Waals surface area contributed by atoms with Gasteiger partial charge in [-0.25, -0.2) is 0 Å². The summed E-state index contributed by atoms with van der Waals surface area (Å²) in [4.78, 5) is 11.6. The fraction of sp³-hybridized carbons (Fsp3) is 0.864. The number of aliphatic carboxylic acids is 1. The number of rotatable bonds is 3. The molecule has 3 aliphatic carbocycles. The monoisotopic (exact) mass is 362 g/mol. The first-order valence-corrected chi connectivity index (χ1v) is 10.1. The van der Waals surface area contributed by atoms with Crippen molar-refractivity contribution in [3.63, 3.8) is 0 Å². The number of methoxy groups -OCH3 is 1. The maximum Gasteiger partial charge on any atom is 0.303 e. The average Bonchev–Trinajstić information content (AvgIpc) is 2.57. The Bertz CT molecular complexity index is 605. The number of carboxylic acid groups (broad SMARTS) is 1. The Hall–Kier alpha value is -1.05. The Balaban J connectivity index is 1.93. The van der Waals surface area contributed by atoms with Crippen molar-refractivity contribution in [2.24, 2.45) is 34.5 Å². The number of aliphatic hydroxyl groups excluding tert-OH is 1. The molecule has 0 spiro atoms. The van der Waals surface area contributed by atoms with E-state index in [0.717, 1.165) is 38.5 Å². The molecule has 3 aliphatic rings. The van der Waals surface area contributed by atoms with Crippen LogP contribution in [0.4, 0.5) is 0 Å². The molecule has 26 heavy (non-hydrogen) atoms. The van der Waals surface area contributed by atoms with Crippen molar-refractivity contribution in [1.29, 1.82) is 0 Å². The molecule has 146 valence electrons. The average molecular weight is 363 g/mol. The van der Waals surface area contributed by atoms with Gasteiger partial charge in [-0.15, -0.1) is 5.92 Å². The number of carboxylic acids is 1. The highest BCUT2D eigenvalue weighted by molar-refractivity contribution is 5.67. The number of hydrogen-bond donors (Lipinski definition) is 2. The molecular formula is C22H34O4. The first-order chi connectivity index (χ1) is 12.2. The van der Waals surface area contributed by atoms with Crippen molar-refractivity contribution in [2.75, 3.05) is 7.11 Å². The van der Waals surface area contributed by atoms with Crippen molar-refractivity contribution in [3.05, 3.63) is 0 Å². The van der Waals surface area contributed by atoms with Crippen LogP contribution in [-0.4, -0.2) is 35.5 Å². The maximum atomic E-state index is 11.6. The first-order valence-electron chi connectivity index (χ1n) is 10.1. The molecule has 3 saturated carbocycles. The Morgan fingerprint density at radius 2 is 2.00 bits per heavy atom. The number of ether oxygens (including phenoxy) is 1. The highest BCUT2D eigenvalue weighted by Crippen LogP contribution is 2.63. The largest absolute Gasteiger partial charge is 0.481 e. The summed E-state index contributed by atoms with van der Waals surface area (Å²) >= 11 is 0. The van der Waals surface area contributed by atoms with Crippen LogP contribution >= 0.6 is 0 Å². The lowest BCUT2D eigenvalue weighted by Gasteiger charge is -2.61. The number of fused-ring (bicyclic) bond motifs is 3. The van der Waals surface area contributed by atoms with Gasteiger partial charge in [0.05, 0.1) is 12.2 Å². The molecule has 4 nitrogen and oxygen atoms in total. The summed E-state index contributed by atoms with van der Waals surface area (Å²) in [7, 11) is 1.69. The quantitative estimate of drug-likeness (QED) is 0.751. The highest BCUT2D eigenvalue weighted by Gasteiger charge is 2.58. The van der Waals surface area contributed by atoms with Gasteiger partial charge in [-0.2, -0.15) is 0 Å². The molecule has 0 bridgehead atoms. The van der Waals surface area contributed by atoms with Crippen LogP contribution in [0.3, 0.4) is 0 Å². The minimum Gasteiger partial charge on any atom is -0.481 e. The van der Waals surface area contributed by atoms with E-state index in [2.05, 4.69) is 25.7 Å². The van der Waals surface area contributed by atoms with Crippen LogP contribution in [-0.2, 0) is 9.53 Å². The molecule has 4 heteroatoms. The molecule has 8 atom stereocenters. The van der Waals surface area contributed by atoms with Gasteiger partial charge in [-0.1, -0.05) is 12.8 Å². The number of carbonyl (C=O) groups is 1. The summed E-state index contributed by atoms with van der Waals surface area (Å²) in [5.41, 5.74) is -0.0765. The second-order valence-electron chi connectivity index (χ2n) is 9.37. The van der Waals surface area contributed by atoms with E-state index >= 15 is 0 Å². The fourth-order valence-electron chi connectivity index (χ4n) is 6.82. The maximum absolute atomic E-state index is 11.6. The van der Waals surface area contributed by atoms with Gasteiger partial charge in [0, 0.05) is 18.9 Å². The summed E-state index contributed by atoms with van der Waals surface area (Å²) in [6.45, 7) is 6.40. The Labute approximate surface area is 157 Å². The third-order valence-electron chi connectivity index (χ3n) is 8.16. The normalized spacial score (nSPS) is 47.9. The Morgan fingerprint density at radius 3 is 2.62 bits per heavy atom. The summed E-state index contributed by atoms with van der Waals surface area (Å²) in [5.74, 6) is 7.27. The van der Waals surface area contributed by atoms with Gasteiger partial charge in [0.25, 0.3) is 0 Å². The molecule has 0 aliphatic heterocycles.